The lowest BCUT2D eigenvalue weighted by Gasteiger charge is -2.18. The highest BCUT2D eigenvalue weighted by Crippen LogP contribution is 2.24. The molecule has 5 nitrogen and oxygen atoms in total. The molecule has 0 aliphatic carbocycles. The predicted molar refractivity (Wildman–Crippen MR) is 83.3 cm³/mol. The van der Waals surface area contributed by atoms with Gasteiger partial charge in [0.2, 0.25) is 0 Å². The smallest absolute Gasteiger partial charge is 0.333 e. The molecule has 0 fully saturated rings. The Balaban J connectivity index is 2.26. The first-order valence-corrected chi connectivity index (χ1v) is 7.02. The number of nitrogens with one attached hydrogen (secondary N) is 1. The number of pyridine rings is 1. The zero-order chi connectivity index (χ0) is 15.2. The van der Waals surface area contributed by atoms with Gasteiger partial charge in [-0.2, -0.15) is 0 Å². The molecule has 0 saturated heterocycles. The number of nitrogens with zero attached hydrogens (tertiary/aromatic N) is 1. The number of benzene rings is 1. The van der Waals surface area contributed by atoms with Crippen LogP contribution in [0.5, 0.6) is 5.75 Å². The maximum absolute atomic E-state index is 12.0. The molecule has 110 valence electrons. The second-order valence-electron chi connectivity index (χ2n) is 4.27. The number of rotatable bonds is 5. The van der Waals surface area contributed by atoms with Gasteiger partial charge in [-0.3, -0.25) is 4.98 Å². The average Bonchev–Trinajstić information content (AvgIpc) is 2.52. The van der Waals surface area contributed by atoms with Gasteiger partial charge >= 0.3 is 5.97 Å². The molecule has 1 aromatic heterocycles. The monoisotopic (exact) mass is 350 g/mol. The number of carbonyl (C=O) groups excluding carboxylic acids is 1. The summed E-state index contributed by atoms with van der Waals surface area (Å²) in [7, 11) is 2.96. The lowest BCUT2D eigenvalue weighted by molar-refractivity contribution is -0.141. The molecule has 6 heteroatoms. The van der Waals surface area contributed by atoms with Crippen molar-refractivity contribution in [1.29, 1.82) is 0 Å². The molecule has 0 radical (unpaired) electrons. The minimum absolute atomic E-state index is 0.384. The first-order chi connectivity index (χ1) is 10.1. The third-order valence-electron chi connectivity index (χ3n) is 2.90. The van der Waals surface area contributed by atoms with Crippen LogP contribution in [-0.2, 0) is 9.53 Å². The van der Waals surface area contributed by atoms with E-state index in [1.807, 2.05) is 30.3 Å². The summed E-state index contributed by atoms with van der Waals surface area (Å²) >= 11 is 3.35. The lowest BCUT2D eigenvalue weighted by Crippen LogP contribution is -2.22. The van der Waals surface area contributed by atoms with Crippen LogP contribution in [0.1, 0.15) is 11.6 Å². The zero-order valence-corrected chi connectivity index (χ0v) is 13.3. The first-order valence-electron chi connectivity index (χ1n) is 6.23. The van der Waals surface area contributed by atoms with E-state index in [4.69, 9.17) is 9.47 Å². The molecule has 1 unspecified atom stereocenters. The molecule has 0 saturated carbocycles. The standard InChI is InChI=1S/C15H15BrN2O3/c1-20-13-5-3-12(4-6-13)18-14(15(19)21-2)10-7-11(16)9-17-8-10/h3-9,14,18H,1-2H3. The molecule has 0 aliphatic heterocycles. The fourth-order valence-electron chi connectivity index (χ4n) is 1.84. The van der Waals surface area contributed by atoms with Crippen LogP contribution in [-0.4, -0.2) is 25.2 Å². The van der Waals surface area contributed by atoms with Gasteiger partial charge in [0.15, 0.2) is 6.04 Å². The Bertz CT molecular complexity index is 617. The maximum Gasteiger partial charge on any atom is 0.333 e. The van der Waals surface area contributed by atoms with Crippen molar-refractivity contribution >= 4 is 27.6 Å². The number of aromatic nitrogens is 1. The van der Waals surface area contributed by atoms with Gasteiger partial charge in [0.1, 0.15) is 5.75 Å². The molecule has 0 bridgehead atoms. The van der Waals surface area contributed by atoms with Crippen molar-refractivity contribution in [1.82, 2.24) is 4.98 Å². The molecule has 0 aliphatic rings. The van der Waals surface area contributed by atoms with Crippen LogP contribution in [0, 0.1) is 0 Å². The van der Waals surface area contributed by atoms with Crippen molar-refractivity contribution in [2.75, 3.05) is 19.5 Å². The van der Waals surface area contributed by atoms with Crippen molar-refractivity contribution in [2.45, 2.75) is 6.04 Å². The molecule has 1 aromatic carbocycles. The van der Waals surface area contributed by atoms with Crippen molar-refractivity contribution < 1.29 is 14.3 Å². The average molecular weight is 351 g/mol. The number of halogens is 1. The Morgan fingerprint density at radius 1 is 1.24 bits per heavy atom. The van der Waals surface area contributed by atoms with Gasteiger partial charge in [-0.25, -0.2) is 4.79 Å². The Morgan fingerprint density at radius 2 is 1.95 bits per heavy atom. The third-order valence-corrected chi connectivity index (χ3v) is 3.33. The second kappa shape index (κ2) is 7.08. The quantitative estimate of drug-likeness (QED) is 0.839. The third kappa shape index (κ3) is 3.95. The summed E-state index contributed by atoms with van der Waals surface area (Å²) in [6, 6.07) is 8.49. The van der Waals surface area contributed by atoms with Crippen LogP contribution in [0.2, 0.25) is 0 Å². The van der Waals surface area contributed by atoms with E-state index in [1.54, 1.807) is 19.5 Å². The molecular formula is C15H15BrN2O3. The molecule has 1 N–H and O–H groups in total. The van der Waals surface area contributed by atoms with Crippen molar-refractivity contribution in [2.24, 2.45) is 0 Å². The van der Waals surface area contributed by atoms with Gasteiger partial charge < -0.3 is 14.8 Å². The molecule has 1 heterocycles. The van der Waals surface area contributed by atoms with E-state index in [9.17, 15) is 4.79 Å². The maximum atomic E-state index is 12.0. The molecule has 21 heavy (non-hydrogen) atoms. The highest BCUT2D eigenvalue weighted by atomic mass is 79.9. The van der Waals surface area contributed by atoms with E-state index < -0.39 is 6.04 Å². The summed E-state index contributed by atoms with van der Waals surface area (Å²) in [4.78, 5) is 16.1. The van der Waals surface area contributed by atoms with Crippen molar-refractivity contribution in [3.8, 4) is 5.75 Å². The van der Waals surface area contributed by atoms with Crippen molar-refractivity contribution in [3.63, 3.8) is 0 Å². The Hall–Kier alpha value is -2.08. The number of esters is 1. The van der Waals surface area contributed by atoms with Crippen LogP contribution >= 0.6 is 15.9 Å². The zero-order valence-electron chi connectivity index (χ0n) is 11.7. The van der Waals surface area contributed by atoms with Crippen LogP contribution in [0.4, 0.5) is 5.69 Å². The van der Waals surface area contributed by atoms with Crippen LogP contribution in [0.15, 0.2) is 47.2 Å². The van der Waals surface area contributed by atoms with Crippen molar-refractivity contribution in [3.05, 3.63) is 52.8 Å². The van der Waals surface area contributed by atoms with Gasteiger partial charge in [0.05, 0.1) is 14.2 Å². The van der Waals surface area contributed by atoms with Crippen LogP contribution in [0.3, 0.4) is 0 Å². The van der Waals surface area contributed by atoms with Crippen LogP contribution in [0.25, 0.3) is 0 Å². The lowest BCUT2D eigenvalue weighted by atomic mass is 10.1. The highest BCUT2D eigenvalue weighted by Gasteiger charge is 2.22. The Labute approximate surface area is 131 Å². The summed E-state index contributed by atoms with van der Waals surface area (Å²) < 4.78 is 10.8. The van der Waals surface area contributed by atoms with E-state index in [0.717, 1.165) is 15.9 Å². The van der Waals surface area contributed by atoms with E-state index in [1.165, 1.54) is 7.11 Å². The number of hydrogen-bond donors (Lipinski definition) is 1. The molecule has 0 amide bonds. The fourth-order valence-corrected chi connectivity index (χ4v) is 2.22. The number of methoxy groups -OCH3 is 2. The van der Waals surface area contributed by atoms with E-state index in [-0.39, 0.29) is 5.97 Å². The molecule has 1 atom stereocenters. The summed E-state index contributed by atoms with van der Waals surface area (Å²) in [6.07, 6.45) is 3.29. The van der Waals surface area contributed by atoms with E-state index in [0.29, 0.717) is 5.56 Å². The largest absolute Gasteiger partial charge is 0.497 e. The van der Waals surface area contributed by atoms with Gasteiger partial charge in [-0.1, -0.05) is 0 Å². The minimum Gasteiger partial charge on any atom is -0.497 e. The second-order valence-corrected chi connectivity index (χ2v) is 5.18. The topological polar surface area (TPSA) is 60.5 Å². The molecule has 2 rings (SSSR count). The summed E-state index contributed by atoms with van der Waals surface area (Å²) in [5.74, 6) is 0.366. The number of hydrogen-bond acceptors (Lipinski definition) is 5. The van der Waals surface area contributed by atoms with Gasteiger partial charge in [-0.15, -0.1) is 0 Å². The molecular weight excluding hydrogens is 336 g/mol. The van der Waals surface area contributed by atoms with E-state index in [2.05, 4.69) is 26.2 Å². The summed E-state index contributed by atoms with van der Waals surface area (Å²) in [6.45, 7) is 0. The molecule has 2 aromatic rings. The van der Waals surface area contributed by atoms with E-state index >= 15 is 0 Å². The van der Waals surface area contributed by atoms with Gasteiger partial charge in [0.25, 0.3) is 0 Å². The summed E-state index contributed by atoms with van der Waals surface area (Å²) in [5.41, 5.74) is 1.50. The minimum atomic E-state index is -0.631. The fraction of sp³-hybridized carbons (Fsp3) is 0.200. The van der Waals surface area contributed by atoms with Gasteiger partial charge in [0, 0.05) is 28.1 Å². The Kier molecular flexibility index (Phi) is 5.16. The summed E-state index contributed by atoms with van der Waals surface area (Å²) in [5, 5.41) is 3.13. The SMILES string of the molecule is COC(=O)C(Nc1ccc(OC)cc1)c1cncc(Br)c1. The number of ether oxygens (including phenoxy) is 2. The van der Waals surface area contributed by atoms with Gasteiger partial charge in [-0.05, 0) is 46.3 Å². The number of anilines is 1. The van der Waals surface area contributed by atoms with Crippen LogP contribution < -0.4 is 10.1 Å². The molecule has 0 spiro atoms. The highest BCUT2D eigenvalue weighted by molar-refractivity contribution is 9.10. The Morgan fingerprint density at radius 3 is 2.52 bits per heavy atom. The first kappa shape index (κ1) is 15.3. The number of carbonyl (C=O) groups is 1. The predicted octanol–water partition coefficient (Wildman–Crippen LogP) is 3.18. The normalized spacial score (nSPS) is 11.6.